The number of hydrogen-bond donors (Lipinski definition) is 1. The summed E-state index contributed by atoms with van der Waals surface area (Å²) in [6.45, 7) is 1.34. The van der Waals surface area contributed by atoms with E-state index >= 15 is 0 Å². The van der Waals surface area contributed by atoms with E-state index < -0.39 is 0 Å². The van der Waals surface area contributed by atoms with Gasteiger partial charge in [-0.1, -0.05) is 24.3 Å². The van der Waals surface area contributed by atoms with Gasteiger partial charge < -0.3 is 10.1 Å². The molecule has 1 aromatic carbocycles. The molecule has 0 aliphatic rings. The number of rotatable bonds is 4. The zero-order valence-electron chi connectivity index (χ0n) is 10.00. The largest absolute Gasteiger partial charge is 0.383 e. The van der Waals surface area contributed by atoms with E-state index in [0.29, 0.717) is 13.2 Å². The van der Waals surface area contributed by atoms with Gasteiger partial charge in [0.25, 0.3) is 0 Å². The molecule has 6 nitrogen and oxygen atoms in total. The quantitative estimate of drug-likeness (QED) is 0.700. The Hall–Kier alpha value is -2.21. The summed E-state index contributed by atoms with van der Waals surface area (Å²) in [4.78, 5) is 0. The molecule has 0 saturated heterocycles. The van der Waals surface area contributed by atoms with Gasteiger partial charge >= 0.3 is 0 Å². The van der Waals surface area contributed by atoms with E-state index in [1.165, 1.54) is 0 Å². The number of hydrogen-bond acceptors (Lipinski definition) is 5. The third kappa shape index (κ3) is 1.76. The predicted octanol–water partition coefficient (Wildman–Crippen LogP) is 1.34. The van der Waals surface area contributed by atoms with Crippen LogP contribution >= 0.6 is 0 Å². The molecule has 2 heterocycles. The minimum absolute atomic E-state index is 0.635. The summed E-state index contributed by atoms with van der Waals surface area (Å²) in [5, 5.41) is 17.8. The highest BCUT2D eigenvalue weighted by molar-refractivity contribution is 5.99. The maximum absolute atomic E-state index is 5.03. The zero-order valence-corrected chi connectivity index (χ0v) is 10.00. The summed E-state index contributed by atoms with van der Waals surface area (Å²) >= 11 is 0. The number of fused-ring (bicyclic) bond motifs is 3. The Kier molecular flexibility index (Phi) is 2.77. The Balaban J connectivity index is 2.14. The molecule has 6 heteroatoms. The molecular formula is C12H13N5O. The first-order valence-electron chi connectivity index (χ1n) is 5.72. The van der Waals surface area contributed by atoms with E-state index in [1.54, 1.807) is 18.0 Å². The third-order valence-corrected chi connectivity index (χ3v) is 2.76. The fourth-order valence-electron chi connectivity index (χ4n) is 1.93. The van der Waals surface area contributed by atoms with Gasteiger partial charge in [0.2, 0.25) is 0 Å². The summed E-state index contributed by atoms with van der Waals surface area (Å²) in [5.41, 5.74) is 0.767. The topological polar surface area (TPSA) is 64.3 Å². The monoisotopic (exact) mass is 243 g/mol. The van der Waals surface area contributed by atoms with Crippen LogP contribution in [0.1, 0.15) is 0 Å². The summed E-state index contributed by atoms with van der Waals surface area (Å²) in [6, 6.07) is 8.00. The van der Waals surface area contributed by atoms with Gasteiger partial charge in [-0.15, -0.1) is 15.3 Å². The lowest BCUT2D eigenvalue weighted by Gasteiger charge is -2.08. The van der Waals surface area contributed by atoms with Crippen LogP contribution in [0.4, 0.5) is 5.82 Å². The molecule has 0 amide bonds. The molecule has 0 unspecified atom stereocenters. The fraction of sp³-hybridized carbons (Fsp3) is 0.250. The van der Waals surface area contributed by atoms with Gasteiger partial charge in [0.1, 0.15) is 6.33 Å². The van der Waals surface area contributed by atoms with Crippen LogP contribution in [0, 0.1) is 0 Å². The van der Waals surface area contributed by atoms with Crippen LogP contribution in [0.5, 0.6) is 0 Å². The zero-order chi connectivity index (χ0) is 12.4. The number of benzene rings is 1. The lowest BCUT2D eigenvalue weighted by atomic mass is 10.2. The van der Waals surface area contributed by atoms with E-state index in [9.17, 15) is 0 Å². The molecule has 3 rings (SSSR count). The van der Waals surface area contributed by atoms with Crippen molar-refractivity contribution in [3.63, 3.8) is 0 Å². The van der Waals surface area contributed by atoms with Crippen molar-refractivity contribution in [2.45, 2.75) is 0 Å². The number of nitrogens with one attached hydrogen (secondary N) is 1. The molecule has 0 radical (unpaired) electrons. The second-order valence-electron chi connectivity index (χ2n) is 3.91. The normalized spacial score (nSPS) is 11.2. The van der Waals surface area contributed by atoms with Gasteiger partial charge in [-0.05, 0) is 0 Å². The first-order chi connectivity index (χ1) is 8.90. The van der Waals surface area contributed by atoms with E-state index in [0.717, 1.165) is 22.2 Å². The van der Waals surface area contributed by atoms with Crippen molar-refractivity contribution in [3.8, 4) is 0 Å². The number of anilines is 1. The Bertz CT molecular complexity index is 678. The van der Waals surface area contributed by atoms with Crippen LogP contribution in [0.25, 0.3) is 16.4 Å². The second-order valence-corrected chi connectivity index (χ2v) is 3.91. The predicted molar refractivity (Wildman–Crippen MR) is 68.7 cm³/mol. The Morgan fingerprint density at radius 2 is 2.11 bits per heavy atom. The molecule has 18 heavy (non-hydrogen) atoms. The SMILES string of the molecule is COCCNc1nn2cnnc2c2ccccc12. The molecular weight excluding hydrogens is 230 g/mol. The number of ether oxygens (including phenoxy) is 1. The van der Waals surface area contributed by atoms with Crippen molar-refractivity contribution >= 4 is 22.2 Å². The van der Waals surface area contributed by atoms with Crippen LogP contribution in [0.3, 0.4) is 0 Å². The minimum Gasteiger partial charge on any atom is -0.383 e. The lowest BCUT2D eigenvalue weighted by Crippen LogP contribution is -2.10. The lowest BCUT2D eigenvalue weighted by molar-refractivity contribution is 0.210. The van der Waals surface area contributed by atoms with E-state index in [4.69, 9.17) is 4.74 Å². The van der Waals surface area contributed by atoms with Crippen LogP contribution in [0.15, 0.2) is 30.6 Å². The molecule has 0 bridgehead atoms. The summed E-state index contributed by atoms with van der Waals surface area (Å²) in [6.07, 6.45) is 1.60. The third-order valence-electron chi connectivity index (χ3n) is 2.76. The van der Waals surface area contributed by atoms with Crippen molar-refractivity contribution in [2.75, 3.05) is 25.6 Å². The fourth-order valence-corrected chi connectivity index (χ4v) is 1.93. The van der Waals surface area contributed by atoms with Gasteiger partial charge in [0.05, 0.1) is 6.61 Å². The van der Waals surface area contributed by atoms with E-state index in [-0.39, 0.29) is 0 Å². The van der Waals surface area contributed by atoms with Gasteiger partial charge in [-0.3, -0.25) is 0 Å². The van der Waals surface area contributed by atoms with Crippen LogP contribution in [-0.4, -0.2) is 40.1 Å². The molecule has 0 fully saturated rings. The molecule has 0 aliphatic carbocycles. The summed E-state index contributed by atoms with van der Waals surface area (Å²) in [5.74, 6) is 0.815. The maximum atomic E-state index is 5.03. The van der Waals surface area contributed by atoms with Crippen LogP contribution in [-0.2, 0) is 4.74 Å². The molecule has 0 atom stereocenters. The summed E-state index contributed by atoms with van der Waals surface area (Å²) < 4.78 is 6.70. The van der Waals surface area contributed by atoms with Crippen molar-refractivity contribution in [1.29, 1.82) is 0 Å². The van der Waals surface area contributed by atoms with Crippen LogP contribution in [0.2, 0.25) is 0 Å². The highest BCUT2D eigenvalue weighted by Crippen LogP contribution is 2.23. The van der Waals surface area contributed by atoms with Gasteiger partial charge in [0, 0.05) is 24.4 Å². The second kappa shape index (κ2) is 4.58. The first-order valence-corrected chi connectivity index (χ1v) is 5.72. The minimum atomic E-state index is 0.635. The van der Waals surface area contributed by atoms with Gasteiger partial charge in [0.15, 0.2) is 11.5 Å². The standard InChI is InChI=1S/C12H13N5O/c1-18-7-6-13-11-9-4-2-3-5-10(9)12-15-14-8-17(12)16-11/h2-5,8H,6-7H2,1H3,(H,13,16). The average Bonchev–Trinajstić information content (AvgIpc) is 2.87. The van der Waals surface area contributed by atoms with Crippen LogP contribution < -0.4 is 5.32 Å². The Labute approximate surface area is 104 Å². The van der Waals surface area contributed by atoms with Gasteiger partial charge in [-0.25, -0.2) is 0 Å². The molecule has 0 aliphatic heterocycles. The Morgan fingerprint density at radius 1 is 1.28 bits per heavy atom. The van der Waals surface area contributed by atoms with Crippen molar-refractivity contribution in [1.82, 2.24) is 19.8 Å². The van der Waals surface area contributed by atoms with E-state index in [2.05, 4.69) is 20.6 Å². The Morgan fingerprint density at radius 3 is 2.94 bits per heavy atom. The molecule has 0 saturated carbocycles. The van der Waals surface area contributed by atoms with Crippen molar-refractivity contribution < 1.29 is 4.74 Å². The van der Waals surface area contributed by atoms with Crippen molar-refractivity contribution in [3.05, 3.63) is 30.6 Å². The molecule has 1 N–H and O–H groups in total. The smallest absolute Gasteiger partial charge is 0.185 e. The number of methoxy groups -OCH3 is 1. The van der Waals surface area contributed by atoms with E-state index in [1.807, 2.05) is 24.3 Å². The maximum Gasteiger partial charge on any atom is 0.185 e. The molecule has 92 valence electrons. The first kappa shape index (κ1) is 10.9. The van der Waals surface area contributed by atoms with Crippen molar-refractivity contribution in [2.24, 2.45) is 0 Å². The molecule has 3 aromatic rings. The highest BCUT2D eigenvalue weighted by Gasteiger charge is 2.08. The number of nitrogens with zero attached hydrogens (tertiary/aromatic N) is 4. The number of aromatic nitrogens is 4. The molecule has 0 spiro atoms. The highest BCUT2D eigenvalue weighted by atomic mass is 16.5. The average molecular weight is 243 g/mol. The van der Waals surface area contributed by atoms with Gasteiger partial charge in [-0.2, -0.15) is 4.52 Å². The molecule has 2 aromatic heterocycles. The summed E-state index contributed by atoms with van der Waals surface area (Å²) in [7, 11) is 1.68.